The molecule has 1 N–H and O–H groups in total. The Morgan fingerprint density at radius 1 is 0.796 bits per heavy atom. The standard InChI is InChI=1S/C42H68O5Si2/c1-14-35(21-16-32(3)46-37-24-17-33(18-25-37)30-44-48(10,11)40(4,5)6)42(43,15-2)36-22-28-39(29-23-36)47-38-26-19-34(20-27-38)31-45-49(12,13)41(7,8)9/h2,14,16,21-23,28-29,33-34,37-38,43H,1,17-20,24-27,30-31H2,3-13H3/b32-16+,35-21+. The van der Waals surface area contributed by atoms with Gasteiger partial charge in [-0.3, -0.25) is 0 Å². The van der Waals surface area contributed by atoms with Gasteiger partial charge in [0.25, 0.3) is 0 Å². The number of terminal acetylenes is 1. The zero-order valence-corrected chi connectivity index (χ0v) is 34.8. The number of aliphatic hydroxyl groups is 1. The van der Waals surface area contributed by atoms with Crippen molar-refractivity contribution >= 4 is 16.6 Å². The average Bonchev–Trinajstić information content (AvgIpc) is 3.03. The van der Waals surface area contributed by atoms with Gasteiger partial charge in [0.1, 0.15) is 5.75 Å². The van der Waals surface area contributed by atoms with Crippen molar-refractivity contribution in [2.24, 2.45) is 11.8 Å². The van der Waals surface area contributed by atoms with Crippen LogP contribution in [0, 0.1) is 24.2 Å². The van der Waals surface area contributed by atoms with Gasteiger partial charge in [0.05, 0.1) is 18.0 Å². The van der Waals surface area contributed by atoms with Crippen molar-refractivity contribution < 1.29 is 23.4 Å². The van der Waals surface area contributed by atoms with Gasteiger partial charge in [-0.05, 0) is 130 Å². The highest BCUT2D eigenvalue weighted by Crippen LogP contribution is 2.39. The Morgan fingerprint density at radius 2 is 1.24 bits per heavy atom. The Labute approximate surface area is 302 Å². The molecule has 0 heterocycles. The van der Waals surface area contributed by atoms with Gasteiger partial charge in [-0.1, -0.05) is 78.3 Å². The lowest BCUT2D eigenvalue weighted by Crippen LogP contribution is -2.42. The summed E-state index contributed by atoms with van der Waals surface area (Å²) in [7, 11) is -3.45. The molecule has 49 heavy (non-hydrogen) atoms. The minimum absolute atomic E-state index is 0.184. The number of benzene rings is 1. The van der Waals surface area contributed by atoms with Crippen LogP contribution < -0.4 is 4.74 Å². The summed E-state index contributed by atoms with van der Waals surface area (Å²) in [5.41, 5.74) is -0.497. The van der Waals surface area contributed by atoms with Crippen molar-refractivity contribution in [1.29, 1.82) is 0 Å². The van der Waals surface area contributed by atoms with Crippen molar-refractivity contribution in [2.75, 3.05) is 13.2 Å². The van der Waals surface area contributed by atoms with Crippen LogP contribution >= 0.6 is 0 Å². The van der Waals surface area contributed by atoms with Crippen LogP contribution in [0.25, 0.3) is 0 Å². The first-order valence-corrected chi connectivity index (χ1v) is 24.5. The van der Waals surface area contributed by atoms with Gasteiger partial charge in [-0.25, -0.2) is 0 Å². The Balaban J connectivity index is 1.52. The van der Waals surface area contributed by atoms with Gasteiger partial charge in [0.15, 0.2) is 22.2 Å². The lowest BCUT2D eigenvalue weighted by molar-refractivity contribution is 0.0571. The lowest BCUT2D eigenvalue weighted by atomic mass is 9.86. The smallest absolute Gasteiger partial charge is 0.191 e. The normalized spacial score (nSPS) is 24.5. The van der Waals surface area contributed by atoms with E-state index in [2.05, 4.69) is 80.2 Å². The molecular weight excluding hydrogens is 641 g/mol. The van der Waals surface area contributed by atoms with E-state index in [1.807, 2.05) is 43.3 Å². The maximum Gasteiger partial charge on any atom is 0.191 e. The monoisotopic (exact) mass is 708 g/mol. The molecule has 0 spiro atoms. The fourth-order valence-corrected chi connectivity index (χ4v) is 8.24. The number of hydrogen-bond donors (Lipinski definition) is 1. The van der Waals surface area contributed by atoms with E-state index in [1.54, 1.807) is 6.08 Å². The van der Waals surface area contributed by atoms with E-state index in [1.165, 1.54) is 0 Å². The zero-order valence-electron chi connectivity index (χ0n) is 32.8. The van der Waals surface area contributed by atoms with Crippen LogP contribution in [0.15, 0.2) is 60.4 Å². The number of ether oxygens (including phenoxy) is 2. The van der Waals surface area contributed by atoms with Gasteiger partial charge in [-0.15, -0.1) is 6.42 Å². The molecule has 5 nitrogen and oxygen atoms in total. The third-order valence-corrected chi connectivity index (χ3v) is 20.8. The van der Waals surface area contributed by atoms with Crippen molar-refractivity contribution in [3.05, 3.63) is 66.0 Å². The predicted molar refractivity (Wildman–Crippen MR) is 211 cm³/mol. The zero-order chi connectivity index (χ0) is 36.7. The summed E-state index contributed by atoms with van der Waals surface area (Å²) in [5, 5.41) is 12.1. The molecule has 274 valence electrons. The SMILES string of the molecule is C#CC(O)(/C(C=C)=C/C=C(\C)OC1CCC(CO[Si](C)(C)C(C)(C)C)CC1)c1ccc(OC2CCC(CO[Si](C)(C)C(C)(C)C)CC2)cc1. The highest BCUT2D eigenvalue weighted by Gasteiger charge is 2.39. The summed E-state index contributed by atoms with van der Waals surface area (Å²) in [6, 6.07) is 7.52. The first kappa shape index (κ1) is 41.3. The van der Waals surface area contributed by atoms with E-state index in [4.69, 9.17) is 24.7 Å². The largest absolute Gasteiger partial charge is 0.495 e. The Kier molecular flexibility index (Phi) is 14.3. The summed E-state index contributed by atoms with van der Waals surface area (Å²) in [5.74, 6) is 5.39. The lowest BCUT2D eigenvalue weighted by Gasteiger charge is -2.38. The van der Waals surface area contributed by atoms with E-state index in [-0.39, 0.29) is 22.3 Å². The third-order valence-electron chi connectivity index (χ3n) is 11.8. The molecule has 7 heteroatoms. The van der Waals surface area contributed by atoms with E-state index in [9.17, 15) is 5.11 Å². The molecule has 2 fully saturated rings. The molecule has 0 saturated heterocycles. The van der Waals surface area contributed by atoms with Crippen LogP contribution in [0.1, 0.15) is 105 Å². The topological polar surface area (TPSA) is 57.2 Å². The van der Waals surface area contributed by atoms with Gasteiger partial charge in [0.2, 0.25) is 0 Å². The maximum atomic E-state index is 11.7. The minimum atomic E-state index is -1.72. The van der Waals surface area contributed by atoms with Crippen LogP contribution in [0.5, 0.6) is 5.75 Å². The number of allylic oxidation sites excluding steroid dienone is 3. The summed E-state index contributed by atoms with van der Waals surface area (Å²) in [6.45, 7) is 30.7. The molecule has 0 aliphatic heterocycles. The quantitative estimate of drug-likeness (QED) is 0.0902. The summed E-state index contributed by atoms with van der Waals surface area (Å²) < 4.78 is 25.7. The summed E-state index contributed by atoms with van der Waals surface area (Å²) >= 11 is 0. The highest BCUT2D eigenvalue weighted by molar-refractivity contribution is 6.74. The predicted octanol–water partition coefficient (Wildman–Crippen LogP) is 11.1. The fourth-order valence-electron chi connectivity index (χ4n) is 6.06. The second-order valence-electron chi connectivity index (χ2n) is 17.6. The number of hydrogen-bond acceptors (Lipinski definition) is 5. The van der Waals surface area contributed by atoms with Crippen LogP contribution in [0.2, 0.25) is 36.3 Å². The first-order chi connectivity index (χ1) is 22.7. The second kappa shape index (κ2) is 17.0. The van der Waals surface area contributed by atoms with E-state index < -0.39 is 22.2 Å². The molecular formula is C42H68O5Si2. The fraction of sp³-hybridized carbons (Fsp3) is 0.667. The third kappa shape index (κ3) is 11.5. The Morgan fingerprint density at radius 3 is 1.65 bits per heavy atom. The molecule has 3 rings (SSSR count). The summed E-state index contributed by atoms with van der Waals surface area (Å²) in [4.78, 5) is 0. The molecule has 0 radical (unpaired) electrons. The maximum absolute atomic E-state index is 11.7. The number of rotatable bonds is 14. The van der Waals surface area contributed by atoms with E-state index >= 15 is 0 Å². The molecule has 0 amide bonds. The van der Waals surface area contributed by atoms with Crippen LogP contribution in [-0.4, -0.2) is 47.2 Å². The molecule has 2 aliphatic rings. The van der Waals surface area contributed by atoms with Crippen molar-refractivity contribution in [2.45, 2.75) is 154 Å². The first-order valence-electron chi connectivity index (χ1n) is 18.6. The molecule has 2 saturated carbocycles. The van der Waals surface area contributed by atoms with Crippen molar-refractivity contribution in [3.8, 4) is 18.1 Å². The molecule has 1 unspecified atom stereocenters. The molecule has 0 aromatic heterocycles. The van der Waals surface area contributed by atoms with Crippen LogP contribution in [0.3, 0.4) is 0 Å². The van der Waals surface area contributed by atoms with Gasteiger partial charge < -0.3 is 23.4 Å². The Hall–Kier alpha value is -2.09. The summed E-state index contributed by atoms with van der Waals surface area (Å²) in [6.07, 6.45) is 20.2. The highest BCUT2D eigenvalue weighted by atomic mass is 28.4. The average molecular weight is 709 g/mol. The van der Waals surface area contributed by atoms with Gasteiger partial charge >= 0.3 is 0 Å². The van der Waals surface area contributed by atoms with E-state index in [0.29, 0.717) is 23.0 Å². The van der Waals surface area contributed by atoms with Crippen LogP contribution in [-0.2, 0) is 19.2 Å². The minimum Gasteiger partial charge on any atom is -0.495 e. The van der Waals surface area contributed by atoms with Gasteiger partial charge in [0, 0.05) is 18.8 Å². The molecule has 2 aliphatic carbocycles. The van der Waals surface area contributed by atoms with Crippen molar-refractivity contribution in [1.82, 2.24) is 0 Å². The molecule has 1 aromatic rings. The van der Waals surface area contributed by atoms with Crippen LogP contribution in [0.4, 0.5) is 0 Å². The van der Waals surface area contributed by atoms with Crippen molar-refractivity contribution in [3.63, 3.8) is 0 Å². The van der Waals surface area contributed by atoms with Gasteiger partial charge in [-0.2, -0.15) is 0 Å². The van der Waals surface area contributed by atoms with E-state index in [0.717, 1.165) is 76.1 Å². The molecule has 1 atom stereocenters. The molecule has 0 bridgehead atoms. The second-order valence-corrected chi connectivity index (χ2v) is 27.3. The molecule has 1 aromatic carbocycles. The Bertz CT molecular complexity index is 1310.